The highest BCUT2D eigenvalue weighted by atomic mass is 16.1. The Labute approximate surface area is 87.8 Å². The lowest BCUT2D eigenvalue weighted by Gasteiger charge is -2.07. The maximum atomic E-state index is 11.6. The molecule has 0 saturated carbocycles. The van der Waals surface area contributed by atoms with Gasteiger partial charge in [-0.2, -0.15) is 0 Å². The highest BCUT2D eigenvalue weighted by molar-refractivity contribution is 5.93. The molecule has 0 fully saturated rings. The summed E-state index contributed by atoms with van der Waals surface area (Å²) in [6.45, 7) is 7.01. The van der Waals surface area contributed by atoms with Crippen molar-refractivity contribution in [2.45, 2.75) is 52.9 Å². The second-order valence-corrected chi connectivity index (χ2v) is 3.53. The summed E-state index contributed by atoms with van der Waals surface area (Å²) in [5, 5.41) is 2.94. The Hall–Kier alpha value is -0.790. The molecule has 0 aromatic carbocycles. The Bertz CT molecular complexity index is 185. The molecule has 0 aliphatic rings. The van der Waals surface area contributed by atoms with E-state index in [1.54, 1.807) is 0 Å². The molecule has 1 amide bonds. The number of carbonyl (C=O) groups is 1. The van der Waals surface area contributed by atoms with Gasteiger partial charge in [-0.3, -0.25) is 4.79 Å². The highest BCUT2D eigenvalue weighted by Gasteiger charge is 2.05. The van der Waals surface area contributed by atoms with Gasteiger partial charge < -0.3 is 5.32 Å². The van der Waals surface area contributed by atoms with Gasteiger partial charge in [0.15, 0.2) is 0 Å². The lowest BCUT2D eigenvalue weighted by atomic mass is 10.1. The molecule has 0 aliphatic heterocycles. The van der Waals surface area contributed by atoms with Crippen molar-refractivity contribution in [3.8, 4) is 0 Å². The van der Waals surface area contributed by atoms with Crippen LogP contribution in [0.4, 0.5) is 0 Å². The molecule has 1 N–H and O–H groups in total. The first-order valence-corrected chi connectivity index (χ1v) is 5.69. The number of allylic oxidation sites excluding steroid dienone is 1. The van der Waals surface area contributed by atoms with Crippen LogP contribution in [0.15, 0.2) is 11.6 Å². The van der Waals surface area contributed by atoms with Crippen molar-refractivity contribution < 1.29 is 4.79 Å². The van der Waals surface area contributed by atoms with Crippen LogP contribution in [0.25, 0.3) is 0 Å². The van der Waals surface area contributed by atoms with E-state index in [9.17, 15) is 4.79 Å². The topological polar surface area (TPSA) is 29.1 Å². The van der Waals surface area contributed by atoms with Crippen LogP contribution in [-0.4, -0.2) is 12.5 Å². The molecule has 0 aromatic heterocycles. The van der Waals surface area contributed by atoms with Crippen LogP contribution in [0.2, 0.25) is 0 Å². The SMILES string of the molecule is CC=C(CCCC)C(=O)NCCCC. The fraction of sp³-hybridized carbons (Fsp3) is 0.750. The molecule has 82 valence electrons. The molecular weight excluding hydrogens is 174 g/mol. The van der Waals surface area contributed by atoms with Crippen LogP contribution >= 0.6 is 0 Å². The Kier molecular flexibility index (Phi) is 8.30. The molecule has 0 spiro atoms. The lowest BCUT2D eigenvalue weighted by molar-refractivity contribution is -0.117. The second kappa shape index (κ2) is 8.79. The van der Waals surface area contributed by atoms with Gasteiger partial charge in [0, 0.05) is 12.1 Å². The fourth-order valence-corrected chi connectivity index (χ4v) is 1.25. The molecule has 0 radical (unpaired) electrons. The van der Waals surface area contributed by atoms with E-state index in [1.165, 1.54) is 0 Å². The maximum absolute atomic E-state index is 11.6. The van der Waals surface area contributed by atoms with E-state index in [1.807, 2.05) is 13.0 Å². The van der Waals surface area contributed by atoms with Crippen LogP contribution in [0.1, 0.15) is 52.9 Å². The molecular formula is C12H23NO. The van der Waals surface area contributed by atoms with Gasteiger partial charge in [-0.05, 0) is 26.2 Å². The predicted octanol–water partition coefficient (Wildman–Crippen LogP) is 3.04. The molecule has 0 saturated heterocycles. The van der Waals surface area contributed by atoms with E-state index in [4.69, 9.17) is 0 Å². The van der Waals surface area contributed by atoms with Gasteiger partial charge >= 0.3 is 0 Å². The van der Waals surface area contributed by atoms with Gasteiger partial charge in [0.05, 0.1) is 0 Å². The van der Waals surface area contributed by atoms with Crippen LogP contribution in [0, 0.1) is 0 Å². The van der Waals surface area contributed by atoms with E-state index in [0.29, 0.717) is 0 Å². The number of nitrogens with one attached hydrogen (secondary N) is 1. The number of rotatable bonds is 7. The van der Waals surface area contributed by atoms with E-state index in [2.05, 4.69) is 19.2 Å². The number of carbonyl (C=O) groups excluding carboxylic acids is 1. The number of amides is 1. The average molecular weight is 197 g/mol. The maximum Gasteiger partial charge on any atom is 0.246 e. The smallest absolute Gasteiger partial charge is 0.246 e. The Morgan fingerprint density at radius 1 is 1.21 bits per heavy atom. The van der Waals surface area contributed by atoms with Gasteiger partial charge in [-0.15, -0.1) is 0 Å². The third kappa shape index (κ3) is 5.79. The molecule has 0 unspecified atom stereocenters. The Morgan fingerprint density at radius 3 is 2.36 bits per heavy atom. The lowest BCUT2D eigenvalue weighted by Crippen LogP contribution is -2.25. The summed E-state index contributed by atoms with van der Waals surface area (Å²) in [4.78, 5) is 11.6. The van der Waals surface area contributed by atoms with Crippen molar-refractivity contribution in [3.63, 3.8) is 0 Å². The van der Waals surface area contributed by atoms with Gasteiger partial charge in [0.2, 0.25) is 5.91 Å². The summed E-state index contributed by atoms with van der Waals surface area (Å²) in [7, 11) is 0. The zero-order chi connectivity index (χ0) is 10.8. The van der Waals surface area contributed by atoms with E-state index in [0.717, 1.165) is 44.2 Å². The van der Waals surface area contributed by atoms with Gasteiger partial charge in [-0.1, -0.05) is 32.8 Å². The summed E-state index contributed by atoms with van der Waals surface area (Å²) in [6, 6.07) is 0. The summed E-state index contributed by atoms with van der Waals surface area (Å²) in [5.41, 5.74) is 0.933. The van der Waals surface area contributed by atoms with Crippen molar-refractivity contribution in [1.29, 1.82) is 0 Å². The minimum atomic E-state index is 0.120. The summed E-state index contributed by atoms with van der Waals surface area (Å²) < 4.78 is 0. The third-order valence-electron chi connectivity index (χ3n) is 2.26. The van der Waals surface area contributed by atoms with Gasteiger partial charge in [-0.25, -0.2) is 0 Å². The average Bonchev–Trinajstić information content (AvgIpc) is 2.19. The zero-order valence-electron chi connectivity index (χ0n) is 9.73. The minimum Gasteiger partial charge on any atom is -0.352 e. The molecule has 0 aliphatic carbocycles. The van der Waals surface area contributed by atoms with Crippen molar-refractivity contribution in [2.24, 2.45) is 0 Å². The molecule has 0 aromatic rings. The summed E-state index contributed by atoms with van der Waals surface area (Å²) >= 11 is 0. The predicted molar refractivity (Wildman–Crippen MR) is 61.2 cm³/mol. The van der Waals surface area contributed by atoms with Crippen molar-refractivity contribution in [1.82, 2.24) is 5.32 Å². The molecule has 0 rings (SSSR count). The molecule has 2 nitrogen and oxygen atoms in total. The standard InChI is InChI=1S/C12H23NO/c1-4-7-9-11(6-3)12(14)13-10-8-5-2/h6H,4-5,7-10H2,1-3H3,(H,13,14). The largest absolute Gasteiger partial charge is 0.352 e. The van der Waals surface area contributed by atoms with E-state index < -0.39 is 0 Å². The van der Waals surface area contributed by atoms with Gasteiger partial charge in [0.25, 0.3) is 0 Å². The van der Waals surface area contributed by atoms with Crippen molar-refractivity contribution in [3.05, 3.63) is 11.6 Å². The van der Waals surface area contributed by atoms with Crippen LogP contribution in [-0.2, 0) is 4.79 Å². The monoisotopic (exact) mass is 197 g/mol. The molecule has 0 heterocycles. The second-order valence-electron chi connectivity index (χ2n) is 3.53. The summed E-state index contributed by atoms with van der Waals surface area (Å²) in [6.07, 6.45) is 7.26. The quantitative estimate of drug-likeness (QED) is 0.493. The zero-order valence-corrected chi connectivity index (χ0v) is 9.73. The minimum absolute atomic E-state index is 0.120. The number of hydrogen-bond acceptors (Lipinski definition) is 1. The molecule has 2 heteroatoms. The van der Waals surface area contributed by atoms with Crippen LogP contribution < -0.4 is 5.32 Å². The third-order valence-corrected chi connectivity index (χ3v) is 2.26. The first-order chi connectivity index (χ1) is 6.76. The number of unbranched alkanes of at least 4 members (excludes halogenated alkanes) is 2. The van der Waals surface area contributed by atoms with Crippen LogP contribution in [0.3, 0.4) is 0 Å². The molecule has 0 atom stereocenters. The van der Waals surface area contributed by atoms with Crippen LogP contribution in [0.5, 0.6) is 0 Å². The van der Waals surface area contributed by atoms with E-state index in [-0.39, 0.29) is 5.91 Å². The summed E-state index contributed by atoms with van der Waals surface area (Å²) in [5.74, 6) is 0.120. The number of hydrogen-bond donors (Lipinski definition) is 1. The Balaban J connectivity index is 3.81. The normalized spacial score (nSPS) is 11.5. The Morgan fingerprint density at radius 2 is 1.86 bits per heavy atom. The molecule has 0 bridgehead atoms. The first-order valence-electron chi connectivity index (χ1n) is 5.69. The van der Waals surface area contributed by atoms with Crippen molar-refractivity contribution >= 4 is 5.91 Å². The highest BCUT2D eigenvalue weighted by Crippen LogP contribution is 2.07. The molecule has 14 heavy (non-hydrogen) atoms. The first kappa shape index (κ1) is 13.2. The van der Waals surface area contributed by atoms with Crippen molar-refractivity contribution in [2.75, 3.05) is 6.54 Å². The fourth-order valence-electron chi connectivity index (χ4n) is 1.25. The van der Waals surface area contributed by atoms with E-state index >= 15 is 0 Å². The van der Waals surface area contributed by atoms with Gasteiger partial charge in [0.1, 0.15) is 0 Å².